The number of aryl methyl sites for hydroxylation is 2. The standard InChI is InChI=1S/C17H20ClNO/c1-12-5-3-4-6-13(12)7-9-16(19)15-11-14(18)8-10-17(15)20-2/h3-6,8,10-11,16H,7,9,19H2,1-2H3. The van der Waals surface area contributed by atoms with Gasteiger partial charge in [-0.05, 0) is 49.1 Å². The Bertz CT molecular complexity index is 583. The molecule has 0 bridgehead atoms. The molecule has 0 aliphatic carbocycles. The first kappa shape index (κ1) is 14.9. The van der Waals surface area contributed by atoms with Crippen LogP contribution in [0.5, 0.6) is 5.75 Å². The van der Waals surface area contributed by atoms with E-state index in [2.05, 4.69) is 31.2 Å². The van der Waals surface area contributed by atoms with Crippen molar-refractivity contribution in [2.24, 2.45) is 5.73 Å². The van der Waals surface area contributed by atoms with E-state index in [1.54, 1.807) is 7.11 Å². The van der Waals surface area contributed by atoms with E-state index in [1.165, 1.54) is 11.1 Å². The first-order valence-corrected chi connectivity index (χ1v) is 7.13. The van der Waals surface area contributed by atoms with Crippen LogP contribution in [0.15, 0.2) is 42.5 Å². The molecule has 20 heavy (non-hydrogen) atoms. The van der Waals surface area contributed by atoms with E-state index in [9.17, 15) is 0 Å². The van der Waals surface area contributed by atoms with Crippen LogP contribution in [0, 0.1) is 6.92 Å². The van der Waals surface area contributed by atoms with Crippen molar-refractivity contribution in [1.29, 1.82) is 0 Å². The molecule has 0 amide bonds. The Morgan fingerprint density at radius 3 is 2.65 bits per heavy atom. The third-order valence-electron chi connectivity index (χ3n) is 3.58. The highest BCUT2D eigenvalue weighted by Gasteiger charge is 2.13. The molecule has 0 aliphatic rings. The van der Waals surface area contributed by atoms with E-state index in [1.807, 2.05) is 18.2 Å². The number of nitrogens with two attached hydrogens (primary N) is 1. The summed E-state index contributed by atoms with van der Waals surface area (Å²) >= 11 is 6.05. The van der Waals surface area contributed by atoms with Gasteiger partial charge >= 0.3 is 0 Å². The zero-order chi connectivity index (χ0) is 14.5. The number of rotatable bonds is 5. The summed E-state index contributed by atoms with van der Waals surface area (Å²) < 4.78 is 5.36. The van der Waals surface area contributed by atoms with E-state index in [4.69, 9.17) is 22.1 Å². The molecule has 0 aliphatic heterocycles. The van der Waals surface area contributed by atoms with Crippen LogP contribution in [-0.4, -0.2) is 7.11 Å². The molecule has 2 rings (SSSR count). The second kappa shape index (κ2) is 6.78. The van der Waals surface area contributed by atoms with Crippen molar-refractivity contribution in [2.45, 2.75) is 25.8 Å². The topological polar surface area (TPSA) is 35.2 Å². The van der Waals surface area contributed by atoms with Crippen LogP contribution in [0.2, 0.25) is 5.02 Å². The zero-order valence-corrected chi connectivity index (χ0v) is 12.7. The number of hydrogen-bond acceptors (Lipinski definition) is 2. The minimum Gasteiger partial charge on any atom is -0.496 e. The van der Waals surface area contributed by atoms with Crippen molar-refractivity contribution < 1.29 is 4.74 Å². The molecule has 2 nitrogen and oxygen atoms in total. The Balaban J connectivity index is 2.11. The Morgan fingerprint density at radius 2 is 1.95 bits per heavy atom. The third kappa shape index (κ3) is 3.53. The molecule has 2 aromatic carbocycles. The van der Waals surface area contributed by atoms with Gasteiger partial charge in [0, 0.05) is 16.6 Å². The molecule has 0 saturated carbocycles. The van der Waals surface area contributed by atoms with Gasteiger partial charge in [-0.15, -0.1) is 0 Å². The second-order valence-electron chi connectivity index (χ2n) is 4.96. The maximum Gasteiger partial charge on any atom is 0.123 e. The molecule has 0 radical (unpaired) electrons. The molecule has 0 fully saturated rings. The molecule has 106 valence electrons. The molecule has 1 atom stereocenters. The molecule has 2 aromatic rings. The minimum atomic E-state index is -0.0803. The van der Waals surface area contributed by atoms with Gasteiger partial charge in [-0.25, -0.2) is 0 Å². The van der Waals surface area contributed by atoms with Gasteiger partial charge in [0.25, 0.3) is 0 Å². The average Bonchev–Trinajstić information content (AvgIpc) is 2.46. The molecular weight excluding hydrogens is 270 g/mol. The number of ether oxygens (including phenoxy) is 1. The van der Waals surface area contributed by atoms with Gasteiger partial charge < -0.3 is 10.5 Å². The van der Waals surface area contributed by atoms with Crippen LogP contribution < -0.4 is 10.5 Å². The predicted octanol–water partition coefficient (Wildman–Crippen LogP) is 4.29. The highest BCUT2D eigenvalue weighted by atomic mass is 35.5. The van der Waals surface area contributed by atoms with Crippen LogP contribution >= 0.6 is 11.6 Å². The molecule has 0 saturated heterocycles. The fraction of sp³-hybridized carbons (Fsp3) is 0.294. The van der Waals surface area contributed by atoms with Crippen molar-refractivity contribution >= 4 is 11.6 Å². The summed E-state index contributed by atoms with van der Waals surface area (Å²) in [5.74, 6) is 0.798. The van der Waals surface area contributed by atoms with Gasteiger partial charge in [0.05, 0.1) is 7.11 Å². The van der Waals surface area contributed by atoms with Crippen molar-refractivity contribution in [1.82, 2.24) is 0 Å². The lowest BCUT2D eigenvalue weighted by atomic mass is 9.97. The monoisotopic (exact) mass is 289 g/mol. The smallest absolute Gasteiger partial charge is 0.123 e. The summed E-state index contributed by atoms with van der Waals surface area (Å²) in [5.41, 5.74) is 9.91. The van der Waals surface area contributed by atoms with Crippen molar-refractivity contribution in [3.05, 3.63) is 64.2 Å². The van der Waals surface area contributed by atoms with Gasteiger partial charge in [-0.2, -0.15) is 0 Å². The maximum atomic E-state index is 6.30. The SMILES string of the molecule is COc1ccc(Cl)cc1C(N)CCc1ccccc1C. The predicted molar refractivity (Wildman–Crippen MR) is 84.4 cm³/mol. The fourth-order valence-corrected chi connectivity index (χ4v) is 2.53. The zero-order valence-electron chi connectivity index (χ0n) is 11.9. The quantitative estimate of drug-likeness (QED) is 0.891. The average molecular weight is 290 g/mol. The third-order valence-corrected chi connectivity index (χ3v) is 3.81. The van der Waals surface area contributed by atoms with E-state index < -0.39 is 0 Å². The molecular formula is C17H20ClNO. The van der Waals surface area contributed by atoms with E-state index in [0.717, 1.165) is 24.2 Å². The highest BCUT2D eigenvalue weighted by molar-refractivity contribution is 6.30. The van der Waals surface area contributed by atoms with E-state index in [0.29, 0.717) is 5.02 Å². The fourth-order valence-electron chi connectivity index (χ4n) is 2.35. The Labute approximate surface area is 125 Å². The maximum absolute atomic E-state index is 6.30. The Hall–Kier alpha value is -1.51. The summed E-state index contributed by atoms with van der Waals surface area (Å²) in [6.45, 7) is 2.13. The van der Waals surface area contributed by atoms with Crippen LogP contribution in [-0.2, 0) is 6.42 Å². The molecule has 1 unspecified atom stereocenters. The lowest BCUT2D eigenvalue weighted by Crippen LogP contribution is -2.13. The van der Waals surface area contributed by atoms with Crippen molar-refractivity contribution in [3.63, 3.8) is 0 Å². The van der Waals surface area contributed by atoms with Crippen LogP contribution in [0.3, 0.4) is 0 Å². The molecule has 0 spiro atoms. The largest absolute Gasteiger partial charge is 0.496 e. The van der Waals surface area contributed by atoms with E-state index >= 15 is 0 Å². The van der Waals surface area contributed by atoms with Crippen LogP contribution in [0.4, 0.5) is 0 Å². The summed E-state index contributed by atoms with van der Waals surface area (Å²) in [6, 6.07) is 13.9. The lowest BCUT2D eigenvalue weighted by Gasteiger charge is -2.16. The van der Waals surface area contributed by atoms with Gasteiger partial charge in [-0.3, -0.25) is 0 Å². The van der Waals surface area contributed by atoms with Crippen LogP contribution in [0.1, 0.15) is 29.2 Å². The van der Waals surface area contributed by atoms with Gasteiger partial charge in [0.2, 0.25) is 0 Å². The van der Waals surface area contributed by atoms with E-state index in [-0.39, 0.29) is 6.04 Å². The van der Waals surface area contributed by atoms with Crippen LogP contribution in [0.25, 0.3) is 0 Å². The second-order valence-corrected chi connectivity index (χ2v) is 5.39. The number of methoxy groups -OCH3 is 1. The summed E-state index contributed by atoms with van der Waals surface area (Å²) in [7, 11) is 1.65. The first-order valence-electron chi connectivity index (χ1n) is 6.75. The molecule has 3 heteroatoms. The minimum absolute atomic E-state index is 0.0803. The Kier molecular flexibility index (Phi) is 5.05. The normalized spacial score (nSPS) is 12.2. The van der Waals surface area contributed by atoms with Crippen molar-refractivity contribution in [2.75, 3.05) is 7.11 Å². The van der Waals surface area contributed by atoms with Gasteiger partial charge in [0.15, 0.2) is 0 Å². The molecule has 0 aromatic heterocycles. The summed E-state index contributed by atoms with van der Waals surface area (Å²) in [4.78, 5) is 0. The number of benzene rings is 2. The van der Waals surface area contributed by atoms with Gasteiger partial charge in [0.1, 0.15) is 5.75 Å². The van der Waals surface area contributed by atoms with Gasteiger partial charge in [-0.1, -0.05) is 35.9 Å². The highest BCUT2D eigenvalue weighted by Crippen LogP contribution is 2.29. The Morgan fingerprint density at radius 1 is 1.20 bits per heavy atom. The first-order chi connectivity index (χ1) is 9.61. The molecule has 2 N–H and O–H groups in total. The molecule has 0 heterocycles. The number of hydrogen-bond donors (Lipinski definition) is 1. The number of halogens is 1. The van der Waals surface area contributed by atoms with Crippen molar-refractivity contribution in [3.8, 4) is 5.75 Å². The lowest BCUT2D eigenvalue weighted by molar-refractivity contribution is 0.404. The summed E-state index contributed by atoms with van der Waals surface area (Å²) in [5, 5.41) is 0.687. The summed E-state index contributed by atoms with van der Waals surface area (Å²) in [6.07, 6.45) is 1.81.